The van der Waals surface area contributed by atoms with Crippen LogP contribution in [0.4, 0.5) is 0 Å². The second-order valence-electron chi connectivity index (χ2n) is 5.75. The summed E-state index contributed by atoms with van der Waals surface area (Å²) in [7, 11) is 4.11. The first-order chi connectivity index (χ1) is 9.66. The molecule has 1 aromatic rings. The highest BCUT2D eigenvalue weighted by Gasteiger charge is 2.17. The molecule has 0 amide bonds. The third-order valence-electron chi connectivity index (χ3n) is 3.79. The van der Waals surface area contributed by atoms with E-state index in [1.165, 1.54) is 50.5 Å². The predicted molar refractivity (Wildman–Crippen MR) is 93.5 cm³/mol. The molecule has 0 aliphatic carbocycles. The van der Waals surface area contributed by atoms with Crippen molar-refractivity contribution >= 4 is 17.2 Å². The maximum atomic E-state index is 5.63. The molecule has 1 nitrogen and oxygen atoms in total. The van der Waals surface area contributed by atoms with Crippen LogP contribution in [0.1, 0.15) is 63.4 Å². The van der Waals surface area contributed by atoms with Crippen molar-refractivity contribution in [1.82, 2.24) is 4.90 Å². The topological polar surface area (TPSA) is 3.24 Å². The quantitative estimate of drug-likeness (QED) is 0.442. The first kappa shape index (κ1) is 17.2. The maximum Gasteiger partial charge on any atom is 0.0849 e. The Morgan fingerprint density at radius 1 is 1.00 bits per heavy atom. The largest absolute Gasteiger partial charge is 0.372 e. The molecule has 1 atom stereocenters. The molecule has 0 heterocycles. The molecule has 0 fully saturated rings. The van der Waals surface area contributed by atoms with Crippen molar-refractivity contribution in [3.63, 3.8) is 0 Å². The Morgan fingerprint density at radius 3 is 2.20 bits per heavy atom. The highest BCUT2D eigenvalue weighted by atomic mass is 32.1. The molecule has 0 aliphatic heterocycles. The standard InChI is InChI=1S/C18H29NS/c1-4-5-6-7-8-12-15-17(18(20)19(2)3)16-13-10-9-11-14-16/h9-11,13-14,17H,4-8,12,15H2,1-3H3. The van der Waals surface area contributed by atoms with E-state index < -0.39 is 0 Å². The molecule has 0 aliphatic rings. The molecule has 0 saturated heterocycles. The fourth-order valence-corrected chi connectivity index (χ4v) is 2.81. The zero-order chi connectivity index (χ0) is 14.8. The van der Waals surface area contributed by atoms with Gasteiger partial charge in [-0.15, -0.1) is 0 Å². The van der Waals surface area contributed by atoms with Gasteiger partial charge in [0.1, 0.15) is 0 Å². The van der Waals surface area contributed by atoms with Gasteiger partial charge in [-0.1, -0.05) is 88.0 Å². The molecule has 2 heteroatoms. The minimum atomic E-state index is 0.396. The fourth-order valence-electron chi connectivity index (χ4n) is 2.56. The van der Waals surface area contributed by atoms with E-state index in [4.69, 9.17) is 12.2 Å². The molecule has 112 valence electrons. The van der Waals surface area contributed by atoms with Gasteiger partial charge in [-0.05, 0) is 12.0 Å². The minimum absolute atomic E-state index is 0.396. The van der Waals surface area contributed by atoms with Gasteiger partial charge in [0.2, 0.25) is 0 Å². The zero-order valence-corrected chi connectivity index (χ0v) is 14.1. The molecular weight excluding hydrogens is 262 g/mol. The number of nitrogens with zero attached hydrogens (tertiary/aromatic N) is 1. The molecule has 1 rings (SSSR count). The summed E-state index contributed by atoms with van der Waals surface area (Å²) in [5.74, 6) is 0.396. The first-order valence-electron chi connectivity index (χ1n) is 7.93. The van der Waals surface area contributed by atoms with Crippen molar-refractivity contribution < 1.29 is 0 Å². The molecule has 0 N–H and O–H groups in total. The van der Waals surface area contributed by atoms with E-state index in [0.717, 1.165) is 4.99 Å². The summed E-state index contributed by atoms with van der Waals surface area (Å²) in [5.41, 5.74) is 1.36. The van der Waals surface area contributed by atoms with E-state index in [1.54, 1.807) is 0 Å². The smallest absolute Gasteiger partial charge is 0.0849 e. The van der Waals surface area contributed by atoms with Gasteiger partial charge >= 0.3 is 0 Å². The van der Waals surface area contributed by atoms with Crippen molar-refractivity contribution in [2.75, 3.05) is 14.1 Å². The molecular formula is C18H29NS. The van der Waals surface area contributed by atoms with Crippen LogP contribution in [-0.2, 0) is 0 Å². The summed E-state index contributed by atoms with van der Waals surface area (Å²) in [6.07, 6.45) is 9.22. The van der Waals surface area contributed by atoms with Gasteiger partial charge in [0.05, 0.1) is 4.99 Å². The monoisotopic (exact) mass is 291 g/mol. The molecule has 0 bridgehead atoms. The lowest BCUT2D eigenvalue weighted by Gasteiger charge is -2.24. The second-order valence-corrected chi connectivity index (χ2v) is 6.17. The summed E-state index contributed by atoms with van der Waals surface area (Å²) in [6.45, 7) is 2.26. The van der Waals surface area contributed by atoms with Crippen LogP contribution in [0.2, 0.25) is 0 Å². The Morgan fingerprint density at radius 2 is 1.60 bits per heavy atom. The SMILES string of the molecule is CCCCCCCCC(C(=S)N(C)C)c1ccccc1. The minimum Gasteiger partial charge on any atom is -0.372 e. The van der Waals surface area contributed by atoms with E-state index in [1.807, 2.05) is 0 Å². The van der Waals surface area contributed by atoms with Gasteiger partial charge in [-0.2, -0.15) is 0 Å². The number of hydrogen-bond acceptors (Lipinski definition) is 1. The Bertz CT molecular complexity index is 372. The molecule has 0 spiro atoms. The van der Waals surface area contributed by atoms with E-state index >= 15 is 0 Å². The Hall–Kier alpha value is -0.890. The molecule has 0 saturated carbocycles. The van der Waals surface area contributed by atoms with Crippen LogP contribution in [0.25, 0.3) is 0 Å². The predicted octanol–water partition coefficient (Wildman–Crippen LogP) is 5.41. The van der Waals surface area contributed by atoms with E-state index in [9.17, 15) is 0 Å². The Labute approximate surface area is 130 Å². The van der Waals surface area contributed by atoms with Gasteiger partial charge in [0.25, 0.3) is 0 Å². The lowest BCUT2D eigenvalue weighted by molar-refractivity contribution is 0.550. The number of rotatable bonds is 9. The normalized spacial score (nSPS) is 12.2. The average Bonchev–Trinajstić information content (AvgIpc) is 2.47. The van der Waals surface area contributed by atoms with Crippen molar-refractivity contribution in [3.05, 3.63) is 35.9 Å². The average molecular weight is 292 g/mol. The van der Waals surface area contributed by atoms with Gasteiger partial charge in [0, 0.05) is 20.0 Å². The van der Waals surface area contributed by atoms with Crippen LogP contribution in [0.5, 0.6) is 0 Å². The first-order valence-corrected chi connectivity index (χ1v) is 8.33. The van der Waals surface area contributed by atoms with Gasteiger partial charge < -0.3 is 4.90 Å². The summed E-state index contributed by atoms with van der Waals surface area (Å²) in [4.78, 5) is 3.15. The van der Waals surface area contributed by atoms with E-state index in [2.05, 4.69) is 56.3 Å². The third kappa shape index (κ3) is 6.04. The summed E-state index contributed by atoms with van der Waals surface area (Å²) < 4.78 is 0. The number of likely N-dealkylation sites (N-methyl/N-ethyl adjacent to an activating group) is 1. The lowest BCUT2D eigenvalue weighted by Crippen LogP contribution is -2.26. The van der Waals surface area contributed by atoms with Gasteiger partial charge in [0.15, 0.2) is 0 Å². The van der Waals surface area contributed by atoms with Crippen LogP contribution >= 0.6 is 12.2 Å². The summed E-state index contributed by atoms with van der Waals surface area (Å²) in [6, 6.07) is 10.7. The maximum absolute atomic E-state index is 5.63. The van der Waals surface area contributed by atoms with Crippen LogP contribution < -0.4 is 0 Å². The Kier molecular flexibility index (Phi) is 8.52. The van der Waals surface area contributed by atoms with Crippen LogP contribution in [0.3, 0.4) is 0 Å². The second kappa shape index (κ2) is 9.93. The van der Waals surface area contributed by atoms with Crippen LogP contribution in [0, 0.1) is 0 Å². The van der Waals surface area contributed by atoms with E-state index in [-0.39, 0.29) is 0 Å². The van der Waals surface area contributed by atoms with E-state index in [0.29, 0.717) is 5.92 Å². The molecule has 1 unspecified atom stereocenters. The Balaban J connectivity index is 2.50. The third-order valence-corrected chi connectivity index (χ3v) is 4.44. The van der Waals surface area contributed by atoms with Crippen molar-refractivity contribution in [2.45, 2.75) is 57.8 Å². The van der Waals surface area contributed by atoms with Crippen molar-refractivity contribution in [3.8, 4) is 0 Å². The molecule has 0 radical (unpaired) electrons. The van der Waals surface area contributed by atoms with Gasteiger partial charge in [-0.3, -0.25) is 0 Å². The fraction of sp³-hybridized carbons (Fsp3) is 0.611. The summed E-state index contributed by atoms with van der Waals surface area (Å²) in [5, 5.41) is 0. The van der Waals surface area contributed by atoms with Crippen molar-refractivity contribution in [2.24, 2.45) is 0 Å². The molecule has 0 aromatic heterocycles. The van der Waals surface area contributed by atoms with Gasteiger partial charge in [-0.25, -0.2) is 0 Å². The van der Waals surface area contributed by atoms with Crippen LogP contribution in [0.15, 0.2) is 30.3 Å². The molecule has 20 heavy (non-hydrogen) atoms. The number of unbranched alkanes of at least 4 members (excludes halogenated alkanes) is 5. The van der Waals surface area contributed by atoms with Crippen molar-refractivity contribution in [1.29, 1.82) is 0 Å². The van der Waals surface area contributed by atoms with Crippen LogP contribution in [-0.4, -0.2) is 24.0 Å². The highest BCUT2D eigenvalue weighted by Crippen LogP contribution is 2.25. The number of hydrogen-bond donors (Lipinski definition) is 0. The zero-order valence-electron chi connectivity index (χ0n) is 13.3. The number of benzene rings is 1. The summed E-state index contributed by atoms with van der Waals surface area (Å²) >= 11 is 5.63. The number of thiocarbonyl (C=S) groups is 1. The molecule has 1 aromatic carbocycles. The lowest BCUT2D eigenvalue weighted by atomic mass is 9.92. The highest BCUT2D eigenvalue weighted by molar-refractivity contribution is 7.80.